The van der Waals surface area contributed by atoms with E-state index in [0.717, 1.165) is 0 Å². The van der Waals surface area contributed by atoms with E-state index < -0.39 is 29.5 Å². The van der Waals surface area contributed by atoms with Crippen LogP contribution in [0, 0.1) is 0 Å². The van der Waals surface area contributed by atoms with E-state index in [1.165, 1.54) is 30.6 Å². The fourth-order valence-corrected chi connectivity index (χ4v) is 3.17. The van der Waals surface area contributed by atoms with Crippen LogP contribution in [0.2, 0.25) is 0 Å². The molecule has 1 aromatic heterocycles. The lowest BCUT2D eigenvalue weighted by Gasteiger charge is -2.14. The zero-order valence-corrected chi connectivity index (χ0v) is 13.4. The highest BCUT2D eigenvalue weighted by Gasteiger charge is 2.37. The molecule has 2 heterocycles. The van der Waals surface area contributed by atoms with Gasteiger partial charge in [-0.05, 0) is 29.1 Å². The number of Topliss-reactive ketones (excluding diaryl/α,β-unsaturated/α-hetero) is 1. The third-order valence-electron chi connectivity index (χ3n) is 3.69. The number of aliphatic hydroxyl groups is 1. The van der Waals surface area contributed by atoms with Gasteiger partial charge in [0.2, 0.25) is 5.78 Å². The Kier molecular flexibility index (Phi) is 4.18. The molecular formula is C17H13NO5S. The standard InChI is InChI=1S/C17H13NO5S/c1-23-17(22)10-6-4-9(5-7-10)13-12(15(20)16(21)18-13)14(19)11-3-2-8-24-11/h2-8,13,20H,1H3,(H,18,21)/t13-/m1/s1. The van der Waals surface area contributed by atoms with Crippen molar-refractivity contribution in [3.63, 3.8) is 0 Å². The first kappa shape index (κ1) is 15.9. The molecule has 122 valence electrons. The van der Waals surface area contributed by atoms with Crippen LogP contribution in [0.3, 0.4) is 0 Å². The number of thiophene rings is 1. The number of nitrogens with one attached hydrogen (secondary N) is 1. The van der Waals surface area contributed by atoms with E-state index in [9.17, 15) is 19.5 Å². The molecule has 1 atom stereocenters. The van der Waals surface area contributed by atoms with Crippen LogP contribution in [0.1, 0.15) is 31.6 Å². The first-order valence-electron chi connectivity index (χ1n) is 7.03. The van der Waals surface area contributed by atoms with Gasteiger partial charge in [0.1, 0.15) is 0 Å². The maximum atomic E-state index is 12.6. The molecule has 0 saturated carbocycles. The molecule has 0 radical (unpaired) electrons. The number of hydrogen-bond donors (Lipinski definition) is 2. The molecule has 0 bridgehead atoms. The Morgan fingerprint density at radius 1 is 1.21 bits per heavy atom. The van der Waals surface area contributed by atoms with Crippen molar-refractivity contribution in [3.05, 3.63) is 69.1 Å². The number of carbonyl (C=O) groups is 3. The normalized spacial score (nSPS) is 16.9. The third kappa shape index (κ3) is 2.69. The number of carbonyl (C=O) groups excluding carboxylic acids is 3. The van der Waals surface area contributed by atoms with Crippen molar-refractivity contribution in [1.29, 1.82) is 0 Å². The molecule has 1 aliphatic heterocycles. The second kappa shape index (κ2) is 6.29. The Hall–Kier alpha value is -2.93. The fourth-order valence-electron chi connectivity index (χ4n) is 2.49. The van der Waals surface area contributed by atoms with Gasteiger partial charge in [-0.15, -0.1) is 11.3 Å². The molecule has 0 aliphatic carbocycles. The molecule has 1 aromatic carbocycles. The molecule has 1 amide bonds. The molecule has 0 spiro atoms. The van der Waals surface area contributed by atoms with Gasteiger partial charge in [-0.2, -0.15) is 0 Å². The van der Waals surface area contributed by atoms with Crippen molar-refractivity contribution < 1.29 is 24.2 Å². The Labute approximate surface area is 141 Å². The van der Waals surface area contributed by atoms with E-state index >= 15 is 0 Å². The third-order valence-corrected chi connectivity index (χ3v) is 4.56. The topological polar surface area (TPSA) is 92.7 Å². The number of amides is 1. The van der Waals surface area contributed by atoms with Crippen LogP contribution in [0.15, 0.2) is 53.1 Å². The minimum atomic E-state index is -0.765. The van der Waals surface area contributed by atoms with Crippen LogP contribution in [-0.2, 0) is 9.53 Å². The van der Waals surface area contributed by atoms with Crippen LogP contribution >= 0.6 is 11.3 Å². The van der Waals surface area contributed by atoms with Crippen LogP contribution in [0.5, 0.6) is 0 Å². The van der Waals surface area contributed by atoms with Gasteiger partial charge in [-0.1, -0.05) is 18.2 Å². The molecule has 2 N–H and O–H groups in total. The molecule has 0 unspecified atom stereocenters. The lowest BCUT2D eigenvalue weighted by Crippen LogP contribution is -2.23. The highest BCUT2D eigenvalue weighted by atomic mass is 32.1. The van der Waals surface area contributed by atoms with Crippen molar-refractivity contribution in [1.82, 2.24) is 5.32 Å². The van der Waals surface area contributed by atoms with Crippen LogP contribution < -0.4 is 5.32 Å². The van der Waals surface area contributed by atoms with Crippen molar-refractivity contribution >= 4 is 29.0 Å². The Balaban J connectivity index is 1.96. The van der Waals surface area contributed by atoms with Gasteiger partial charge in [-0.3, -0.25) is 9.59 Å². The van der Waals surface area contributed by atoms with Gasteiger partial charge in [0, 0.05) is 0 Å². The second-order valence-electron chi connectivity index (χ2n) is 5.09. The van der Waals surface area contributed by atoms with Gasteiger partial charge in [0.25, 0.3) is 5.91 Å². The first-order valence-corrected chi connectivity index (χ1v) is 7.91. The highest BCUT2D eigenvalue weighted by Crippen LogP contribution is 2.32. The number of aliphatic hydroxyl groups excluding tert-OH is 1. The summed E-state index contributed by atoms with van der Waals surface area (Å²) in [5.41, 5.74) is 0.943. The zero-order chi connectivity index (χ0) is 17.3. The summed E-state index contributed by atoms with van der Waals surface area (Å²) in [5, 5.41) is 14.3. The van der Waals surface area contributed by atoms with Crippen LogP contribution in [-0.4, -0.2) is 29.9 Å². The summed E-state index contributed by atoms with van der Waals surface area (Å²) in [6, 6.07) is 8.88. The summed E-state index contributed by atoms with van der Waals surface area (Å²) in [6.45, 7) is 0. The monoisotopic (exact) mass is 343 g/mol. The van der Waals surface area contributed by atoms with Gasteiger partial charge in [0.15, 0.2) is 5.76 Å². The Bertz CT molecular complexity index is 836. The second-order valence-corrected chi connectivity index (χ2v) is 6.04. The molecule has 24 heavy (non-hydrogen) atoms. The van der Waals surface area contributed by atoms with E-state index in [-0.39, 0.29) is 5.57 Å². The lowest BCUT2D eigenvalue weighted by atomic mass is 9.95. The Morgan fingerprint density at radius 2 is 1.92 bits per heavy atom. The van der Waals surface area contributed by atoms with E-state index in [1.54, 1.807) is 29.6 Å². The van der Waals surface area contributed by atoms with Gasteiger partial charge in [0.05, 0.1) is 29.2 Å². The molecule has 0 saturated heterocycles. The quantitative estimate of drug-likeness (QED) is 0.657. The zero-order valence-electron chi connectivity index (χ0n) is 12.6. The van der Waals surface area contributed by atoms with E-state index in [0.29, 0.717) is 16.0 Å². The van der Waals surface area contributed by atoms with Gasteiger partial charge < -0.3 is 15.2 Å². The van der Waals surface area contributed by atoms with Crippen molar-refractivity contribution in [3.8, 4) is 0 Å². The predicted octanol–water partition coefficient (Wildman–Crippen LogP) is 2.40. The number of ketones is 1. The van der Waals surface area contributed by atoms with Crippen LogP contribution in [0.25, 0.3) is 0 Å². The minimum Gasteiger partial charge on any atom is -0.503 e. The summed E-state index contributed by atoms with van der Waals surface area (Å²) in [4.78, 5) is 36.3. The average Bonchev–Trinajstić information content (AvgIpc) is 3.23. The number of ether oxygens (including phenoxy) is 1. The first-order chi connectivity index (χ1) is 11.5. The summed E-state index contributed by atoms with van der Waals surface area (Å²) >= 11 is 1.23. The van der Waals surface area contributed by atoms with E-state index in [4.69, 9.17) is 0 Å². The molecular weight excluding hydrogens is 330 g/mol. The summed E-state index contributed by atoms with van der Waals surface area (Å²) in [7, 11) is 1.28. The van der Waals surface area contributed by atoms with Crippen LogP contribution in [0.4, 0.5) is 0 Å². The largest absolute Gasteiger partial charge is 0.503 e. The summed E-state index contributed by atoms with van der Waals surface area (Å²) in [6.07, 6.45) is 0. The fraction of sp³-hybridized carbons (Fsp3) is 0.118. The Morgan fingerprint density at radius 3 is 2.50 bits per heavy atom. The summed E-state index contributed by atoms with van der Waals surface area (Å²) < 4.78 is 4.63. The maximum absolute atomic E-state index is 12.6. The smallest absolute Gasteiger partial charge is 0.337 e. The number of rotatable bonds is 4. The van der Waals surface area contributed by atoms with Gasteiger partial charge in [-0.25, -0.2) is 4.79 Å². The SMILES string of the molecule is COC(=O)c1ccc([C@H]2NC(=O)C(O)=C2C(=O)c2cccs2)cc1. The molecule has 7 heteroatoms. The van der Waals surface area contributed by atoms with E-state index in [1.807, 2.05) is 0 Å². The van der Waals surface area contributed by atoms with E-state index in [2.05, 4.69) is 10.1 Å². The predicted molar refractivity (Wildman–Crippen MR) is 87.0 cm³/mol. The maximum Gasteiger partial charge on any atom is 0.337 e. The van der Waals surface area contributed by atoms with Crippen molar-refractivity contribution in [2.45, 2.75) is 6.04 Å². The minimum absolute atomic E-state index is 0.00766. The molecule has 6 nitrogen and oxygen atoms in total. The molecule has 2 aromatic rings. The number of benzene rings is 1. The number of methoxy groups -OCH3 is 1. The lowest BCUT2D eigenvalue weighted by molar-refractivity contribution is -0.119. The summed E-state index contributed by atoms with van der Waals surface area (Å²) in [5.74, 6) is -2.15. The average molecular weight is 343 g/mol. The van der Waals surface area contributed by atoms with Gasteiger partial charge >= 0.3 is 5.97 Å². The molecule has 0 fully saturated rings. The van der Waals surface area contributed by atoms with Crippen molar-refractivity contribution in [2.75, 3.05) is 7.11 Å². The number of hydrogen-bond acceptors (Lipinski definition) is 6. The molecule has 1 aliphatic rings. The molecule has 3 rings (SSSR count). The van der Waals surface area contributed by atoms with Crippen molar-refractivity contribution in [2.24, 2.45) is 0 Å². The highest BCUT2D eigenvalue weighted by molar-refractivity contribution is 7.12. The number of esters is 1.